The summed E-state index contributed by atoms with van der Waals surface area (Å²) in [7, 11) is 1.66. The second-order valence-corrected chi connectivity index (χ2v) is 9.52. The lowest BCUT2D eigenvalue weighted by Gasteiger charge is -2.35. The minimum absolute atomic E-state index is 0.00370. The highest BCUT2D eigenvalue weighted by atomic mass is 16.5. The first-order valence-electron chi connectivity index (χ1n) is 13.4. The van der Waals surface area contributed by atoms with E-state index in [0.717, 1.165) is 68.9 Å². The maximum absolute atomic E-state index is 10.2. The van der Waals surface area contributed by atoms with Crippen molar-refractivity contribution in [3.05, 3.63) is 47.5 Å². The molecule has 0 amide bonds. The molecule has 0 heterocycles. The molecule has 3 rings (SSSR count). The van der Waals surface area contributed by atoms with Crippen LogP contribution in [0.15, 0.2) is 36.4 Å². The number of fused-ring (bicyclic) bond motifs is 1. The number of benzene rings is 2. The van der Waals surface area contributed by atoms with Gasteiger partial charge in [-0.2, -0.15) is 0 Å². The average molecular weight is 485 g/mol. The van der Waals surface area contributed by atoms with Crippen LogP contribution in [0, 0.1) is 0 Å². The van der Waals surface area contributed by atoms with Crippen molar-refractivity contribution < 1.29 is 19.7 Å². The molecular formula is C29H44N2O4. The van der Waals surface area contributed by atoms with Gasteiger partial charge < -0.3 is 29.9 Å². The molecule has 0 radical (unpaired) electrons. The zero-order valence-corrected chi connectivity index (χ0v) is 21.6. The van der Waals surface area contributed by atoms with Crippen molar-refractivity contribution in [3.63, 3.8) is 0 Å². The van der Waals surface area contributed by atoms with Crippen LogP contribution in [-0.2, 0) is 12.8 Å². The highest BCUT2D eigenvalue weighted by molar-refractivity contribution is 5.50. The highest BCUT2D eigenvalue weighted by Crippen LogP contribution is 2.36. The van der Waals surface area contributed by atoms with Crippen LogP contribution in [0.5, 0.6) is 23.0 Å². The first kappa shape index (κ1) is 27.2. The number of aromatic hydroxyl groups is 2. The van der Waals surface area contributed by atoms with Gasteiger partial charge in [-0.25, -0.2) is 0 Å². The molecule has 0 spiro atoms. The number of hydrogen-bond donors (Lipinski definition) is 3. The Kier molecular flexibility index (Phi) is 11.5. The summed E-state index contributed by atoms with van der Waals surface area (Å²) in [5.41, 5.74) is 2.14. The SMILES string of the molecule is CCCN(CCCCCCCNCCOc1ccccc1OC)[C@H]1CCc2c(ccc(O)c2O)C1. The van der Waals surface area contributed by atoms with E-state index < -0.39 is 0 Å². The quantitative estimate of drug-likeness (QED) is 0.222. The van der Waals surface area contributed by atoms with E-state index in [1.165, 1.54) is 37.7 Å². The maximum atomic E-state index is 10.2. The monoisotopic (exact) mass is 484 g/mol. The number of unbranched alkanes of at least 4 members (excludes halogenated alkanes) is 4. The molecule has 6 heteroatoms. The second-order valence-electron chi connectivity index (χ2n) is 9.52. The third kappa shape index (κ3) is 8.32. The number of phenolic OH excluding ortho intramolecular Hbond substituents is 2. The van der Waals surface area contributed by atoms with Gasteiger partial charge in [0, 0.05) is 18.2 Å². The number of para-hydroxylation sites is 2. The Morgan fingerprint density at radius 3 is 2.51 bits per heavy atom. The van der Waals surface area contributed by atoms with Gasteiger partial charge in [0.25, 0.3) is 0 Å². The van der Waals surface area contributed by atoms with Crippen molar-refractivity contribution in [1.82, 2.24) is 10.2 Å². The highest BCUT2D eigenvalue weighted by Gasteiger charge is 2.26. The molecule has 1 aliphatic rings. The molecule has 0 saturated carbocycles. The minimum Gasteiger partial charge on any atom is -0.504 e. The van der Waals surface area contributed by atoms with Crippen LogP contribution in [0.2, 0.25) is 0 Å². The zero-order chi connectivity index (χ0) is 24.9. The Morgan fingerprint density at radius 1 is 0.943 bits per heavy atom. The first-order valence-corrected chi connectivity index (χ1v) is 13.4. The molecule has 35 heavy (non-hydrogen) atoms. The zero-order valence-electron chi connectivity index (χ0n) is 21.6. The Hall–Kier alpha value is -2.44. The van der Waals surface area contributed by atoms with Gasteiger partial charge in [0.2, 0.25) is 0 Å². The lowest BCUT2D eigenvalue weighted by Crippen LogP contribution is -2.40. The van der Waals surface area contributed by atoms with Gasteiger partial charge in [-0.15, -0.1) is 0 Å². The number of nitrogens with zero attached hydrogens (tertiary/aromatic N) is 1. The number of ether oxygens (including phenoxy) is 2. The van der Waals surface area contributed by atoms with Crippen LogP contribution in [-0.4, -0.2) is 61.1 Å². The van der Waals surface area contributed by atoms with Crippen molar-refractivity contribution >= 4 is 0 Å². The summed E-state index contributed by atoms with van der Waals surface area (Å²) < 4.78 is 11.1. The average Bonchev–Trinajstić information content (AvgIpc) is 2.88. The van der Waals surface area contributed by atoms with Gasteiger partial charge in [-0.05, 0) is 81.9 Å². The Morgan fingerprint density at radius 2 is 1.71 bits per heavy atom. The molecule has 0 bridgehead atoms. The van der Waals surface area contributed by atoms with Gasteiger partial charge in [0.1, 0.15) is 6.61 Å². The summed E-state index contributed by atoms with van der Waals surface area (Å²) in [6, 6.07) is 11.9. The maximum Gasteiger partial charge on any atom is 0.161 e. The number of methoxy groups -OCH3 is 1. The smallest absolute Gasteiger partial charge is 0.161 e. The molecule has 194 valence electrons. The van der Waals surface area contributed by atoms with E-state index in [2.05, 4.69) is 17.1 Å². The normalized spacial score (nSPS) is 15.2. The van der Waals surface area contributed by atoms with E-state index in [1.807, 2.05) is 30.3 Å². The Balaban J connectivity index is 1.25. The summed E-state index contributed by atoms with van der Waals surface area (Å²) in [4.78, 5) is 2.65. The lowest BCUT2D eigenvalue weighted by molar-refractivity contribution is 0.175. The molecule has 0 aromatic heterocycles. The van der Waals surface area contributed by atoms with Crippen molar-refractivity contribution in [2.24, 2.45) is 0 Å². The number of phenols is 2. The molecule has 0 saturated heterocycles. The minimum atomic E-state index is 0.00370. The molecule has 0 fully saturated rings. The summed E-state index contributed by atoms with van der Waals surface area (Å²) in [5, 5.41) is 23.4. The molecule has 2 aromatic rings. The fraction of sp³-hybridized carbons (Fsp3) is 0.586. The van der Waals surface area contributed by atoms with E-state index in [4.69, 9.17) is 9.47 Å². The predicted molar refractivity (Wildman–Crippen MR) is 142 cm³/mol. The fourth-order valence-corrected chi connectivity index (χ4v) is 5.07. The number of rotatable bonds is 16. The van der Waals surface area contributed by atoms with Crippen molar-refractivity contribution in [3.8, 4) is 23.0 Å². The van der Waals surface area contributed by atoms with Gasteiger partial charge in [-0.3, -0.25) is 0 Å². The molecule has 2 aromatic carbocycles. The van der Waals surface area contributed by atoms with E-state index in [-0.39, 0.29) is 11.5 Å². The predicted octanol–water partition coefficient (Wildman–Crippen LogP) is 5.29. The molecule has 1 atom stereocenters. The largest absolute Gasteiger partial charge is 0.504 e. The van der Waals surface area contributed by atoms with Gasteiger partial charge in [0.15, 0.2) is 23.0 Å². The van der Waals surface area contributed by atoms with Crippen molar-refractivity contribution in [2.45, 2.75) is 70.8 Å². The van der Waals surface area contributed by atoms with Crippen LogP contribution in [0.3, 0.4) is 0 Å². The molecule has 1 aliphatic carbocycles. The molecule has 0 unspecified atom stereocenters. The summed E-state index contributed by atoms with van der Waals surface area (Å²) >= 11 is 0. The molecule has 3 N–H and O–H groups in total. The van der Waals surface area contributed by atoms with Crippen LogP contribution in [0.25, 0.3) is 0 Å². The Labute approximate surface area is 211 Å². The van der Waals surface area contributed by atoms with Gasteiger partial charge in [-0.1, -0.05) is 44.4 Å². The molecule has 6 nitrogen and oxygen atoms in total. The van der Waals surface area contributed by atoms with Crippen molar-refractivity contribution in [1.29, 1.82) is 0 Å². The molecular weight excluding hydrogens is 440 g/mol. The van der Waals surface area contributed by atoms with Gasteiger partial charge >= 0.3 is 0 Å². The Bertz CT molecular complexity index is 889. The lowest BCUT2D eigenvalue weighted by atomic mass is 9.86. The third-order valence-electron chi connectivity index (χ3n) is 6.97. The summed E-state index contributed by atoms with van der Waals surface area (Å²) in [5.74, 6) is 1.66. The number of hydrogen-bond acceptors (Lipinski definition) is 6. The van der Waals surface area contributed by atoms with Crippen molar-refractivity contribution in [2.75, 3.05) is 39.9 Å². The van der Waals surface area contributed by atoms with Gasteiger partial charge in [0.05, 0.1) is 7.11 Å². The first-order chi connectivity index (χ1) is 17.1. The fourth-order valence-electron chi connectivity index (χ4n) is 5.07. The molecule has 0 aliphatic heterocycles. The van der Waals surface area contributed by atoms with E-state index in [1.54, 1.807) is 13.2 Å². The van der Waals surface area contributed by atoms with Crippen LogP contribution < -0.4 is 14.8 Å². The van der Waals surface area contributed by atoms with E-state index in [9.17, 15) is 10.2 Å². The van der Waals surface area contributed by atoms with Crippen LogP contribution in [0.4, 0.5) is 0 Å². The number of nitrogens with one attached hydrogen (secondary N) is 1. The van der Waals surface area contributed by atoms with E-state index >= 15 is 0 Å². The summed E-state index contributed by atoms with van der Waals surface area (Å²) in [6.45, 7) is 7.04. The van der Waals surface area contributed by atoms with E-state index in [0.29, 0.717) is 12.6 Å². The standard InChI is InChI=1S/C29H44N2O4/c1-3-19-31(24-14-15-25-23(22-24)13-16-26(32)29(25)33)20-10-6-4-5-9-17-30-18-21-35-28-12-8-7-11-27(28)34-2/h7-8,11-13,16,24,30,32-33H,3-6,9-10,14-15,17-22H2,1-2H3/t24-/m0/s1. The third-order valence-corrected chi connectivity index (χ3v) is 6.97. The van der Waals surface area contributed by atoms with Crippen LogP contribution >= 0.6 is 0 Å². The van der Waals surface area contributed by atoms with Crippen LogP contribution in [0.1, 0.15) is 63.0 Å². The summed E-state index contributed by atoms with van der Waals surface area (Å²) in [6.07, 6.45) is 10.3. The second kappa shape index (κ2) is 14.8. The topological polar surface area (TPSA) is 74.2 Å².